The Morgan fingerprint density at radius 1 is 1.33 bits per heavy atom. The van der Waals surface area contributed by atoms with Crippen LogP contribution in [0, 0.1) is 6.92 Å². The summed E-state index contributed by atoms with van der Waals surface area (Å²) in [6.45, 7) is 5.94. The quantitative estimate of drug-likeness (QED) is 0.489. The van der Waals surface area contributed by atoms with Crippen LogP contribution in [-0.4, -0.2) is 62.4 Å². The predicted octanol–water partition coefficient (Wildman–Crippen LogP) is 1.87. The van der Waals surface area contributed by atoms with Crippen LogP contribution in [0.5, 0.6) is 0 Å². The maximum Gasteiger partial charge on any atom is 0.348 e. The number of carbonyl (C=O) groups is 1. The van der Waals surface area contributed by atoms with Crippen molar-refractivity contribution >= 4 is 44.9 Å². The number of aryl methyl sites for hydroxylation is 1. The van der Waals surface area contributed by atoms with Gasteiger partial charge in [-0.3, -0.25) is 0 Å². The zero-order chi connectivity index (χ0) is 17.1. The summed E-state index contributed by atoms with van der Waals surface area (Å²) in [5.41, 5.74) is 0.836. The molecule has 0 saturated carbocycles. The van der Waals surface area contributed by atoms with E-state index in [4.69, 9.17) is 21.1 Å². The number of rotatable bonds is 5. The number of anilines is 1. The molecule has 0 radical (unpaired) electrons. The van der Waals surface area contributed by atoms with Gasteiger partial charge in [0, 0.05) is 33.3 Å². The molecule has 1 N–H and O–H groups in total. The lowest BCUT2D eigenvalue weighted by Crippen LogP contribution is -2.44. The topological polar surface area (TPSA) is 76.6 Å². The number of fused-ring (bicyclic) bond motifs is 1. The molecule has 7 nitrogen and oxygen atoms in total. The second kappa shape index (κ2) is 7.60. The van der Waals surface area contributed by atoms with E-state index in [2.05, 4.69) is 20.2 Å². The average Bonchev–Trinajstić information content (AvgIpc) is 2.92. The fourth-order valence-electron chi connectivity index (χ4n) is 2.68. The molecular weight excluding hydrogens is 352 g/mol. The Balaban J connectivity index is 1.99. The van der Waals surface area contributed by atoms with Gasteiger partial charge in [-0.15, -0.1) is 11.3 Å². The van der Waals surface area contributed by atoms with E-state index in [0.29, 0.717) is 16.3 Å². The van der Waals surface area contributed by atoms with Crippen molar-refractivity contribution in [2.45, 2.75) is 6.92 Å². The Morgan fingerprint density at radius 2 is 2.08 bits per heavy atom. The van der Waals surface area contributed by atoms with Gasteiger partial charge >= 0.3 is 5.97 Å². The summed E-state index contributed by atoms with van der Waals surface area (Å²) < 4.78 is 10.1. The third-order valence-electron chi connectivity index (χ3n) is 3.87. The van der Waals surface area contributed by atoms with Crippen molar-refractivity contribution in [3.63, 3.8) is 0 Å². The molecule has 1 aliphatic heterocycles. The maximum absolute atomic E-state index is 12.3. The molecule has 0 aromatic carbocycles. The van der Waals surface area contributed by atoms with Crippen molar-refractivity contribution in [2.24, 2.45) is 0 Å². The molecule has 0 amide bonds. The van der Waals surface area contributed by atoms with Crippen molar-refractivity contribution in [1.29, 1.82) is 0 Å². The first-order valence-electron chi connectivity index (χ1n) is 7.70. The number of nitrogens with zero attached hydrogens (tertiary/aromatic N) is 3. The van der Waals surface area contributed by atoms with Crippen LogP contribution in [0.1, 0.15) is 15.2 Å². The number of aromatic nitrogens is 2. The Bertz CT molecular complexity index is 746. The fourth-order valence-corrected chi connectivity index (χ4v) is 3.96. The number of piperazine rings is 1. The van der Waals surface area contributed by atoms with E-state index in [1.54, 1.807) is 7.11 Å². The van der Waals surface area contributed by atoms with Gasteiger partial charge < -0.3 is 19.7 Å². The van der Waals surface area contributed by atoms with Crippen molar-refractivity contribution < 1.29 is 14.3 Å². The van der Waals surface area contributed by atoms with Crippen LogP contribution in [0.4, 0.5) is 5.82 Å². The summed E-state index contributed by atoms with van der Waals surface area (Å²) in [6, 6.07) is 0. The van der Waals surface area contributed by atoms with E-state index in [1.807, 2.05) is 6.92 Å². The standard InChI is InChI=1S/C15H19ClN4O3S/c1-9-10-12(20-5-3-17-4-6-20)18-15(16)19-13(10)24-11(9)14(21)23-8-7-22-2/h17H,3-8H2,1-2H3. The van der Waals surface area contributed by atoms with Gasteiger partial charge in [-0.05, 0) is 24.1 Å². The normalized spacial score (nSPS) is 15.0. The summed E-state index contributed by atoms with van der Waals surface area (Å²) in [5, 5.41) is 4.38. The van der Waals surface area contributed by atoms with E-state index >= 15 is 0 Å². The Hall–Kier alpha value is -1.48. The smallest absolute Gasteiger partial charge is 0.348 e. The summed E-state index contributed by atoms with van der Waals surface area (Å²) in [4.78, 5) is 24.4. The van der Waals surface area contributed by atoms with Crippen LogP contribution in [0.3, 0.4) is 0 Å². The first kappa shape index (κ1) is 17.3. The lowest BCUT2D eigenvalue weighted by Gasteiger charge is -2.29. The van der Waals surface area contributed by atoms with Crippen LogP contribution in [0.2, 0.25) is 5.28 Å². The lowest BCUT2D eigenvalue weighted by molar-refractivity contribution is 0.0393. The summed E-state index contributed by atoms with van der Waals surface area (Å²) in [7, 11) is 1.57. The van der Waals surface area contributed by atoms with Crippen molar-refractivity contribution in [3.8, 4) is 0 Å². The molecule has 0 unspecified atom stereocenters. The summed E-state index contributed by atoms with van der Waals surface area (Å²) in [6.07, 6.45) is 0. The molecule has 0 bridgehead atoms. The van der Waals surface area contributed by atoms with E-state index in [1.165, 1.54) is 11.3 Å². The van der Waals surface area contributed by atoms with Crippen molar-refractivity contribution in [1.82, 2.24) is 15.3 Å². The highest BCUT2D eigenvalue weighted by Gasteiger charge is 2.24. The van der Waals surface area contributed by atoms with Crippen molar-refractivity contribution in [3.05, 3.63) is 15.7 Å². The molecule has 130 valence electrons. The molecular formula is C15H19ClN4O3S. The SMILES string of the molecule is COCCOC(=O)c1sc2nc(Cl)nc(N3CCNCC3)c2c1C. The Labute approximate surface area is 148 Å². The van der Waals surface area contributed by atoms with Gasteiger partial charge in [-0.25, -0.2) is 9.78 Å². The van der Waals surface area contributed by atoms with Gasteiger partial charge in [0.25, 0.3) is 0 Å². The summed E-state index contributed by atoms with van der Waals surface area (Å²) >= 11 is 7.39. The number of thiophene rings is 1. The van der Waals surface area contributed by atoms with Gasteiger partial charge in [-0.2, -0.15) is 4.98 Å². The number of esters is 1. The van der Waals surface area contributed by atoms with Crippen LogP contribution in [-0.2, 0) is 9.47 Å². The molecule has 1 fully saturated rings. The van der Waals surface area contributed by atoms with Crippen LogP contribution < -0.4 is 10.2 Å². The lowest BCUT2D eigenvalue weighted by atomic mass is 10.2. The first-order valence-corrected chi connectivity index (χ1v) is 8.89. The molecule has 24 heavy (non-hydrogen) atoms. The van der Waals surface area contributed by atoms with E-state index in [-0.39, 0.29) is 17.9 Å². The highest BCUT2D eigenvalue weighted by atomic mass is 35.5. The second-order valence-corrected chi connectivity index (χ2v) is 6.76. The second-order valence-electron chi connectivity index (χ2n) is 5.42. The third-order valence-corrected chi connectivity index (χ3v) is 5.20. The van der Waals surface area contributed by atoms with E-state index in [0.717, 1.165) is 42.9 Å². The van der Waals surface area contributed by atoms with Gasteiger partial charge in [0.2, 0.25) is 5.28 Å². The maximum atomic E-state index is 12.3. The highest BCUT2D eigenvalue weighted by molar-refractivity contribution is 7.20. The number of methoxy groups -OCH3 is 1. The molecule has 0 spiro atoms. The molecule has 0 atom stereocenters. The molecule has 0 aliphatic carbocycles. The number of halogens is 1. The number of nitrogens with one attached hydrogen (secondary N) is 1. The zero-order valence-electron chi connectivity index (χ0n) is 13.6. The Kier molecular flexibility index (Phi) is 5.50. The molecule has 3 heterocycles. The first-order chi connectivity index (χ1) is 11.6. The van der Waals surface area contributed by atoms with Gasteiger partial charge in [0.15, 0.2) is 0 Å². The molecule has 9 heteroatoms. The molecule has 1 aliphatic rings. The van der Waals surface area contributed by atoms with Gasteiger partial charge in [-0.1, -0.05) is 0 Å². The predicted molar refractivity (Wildman–Crippen MR) is 94.4 cm³/mol. The Morgan fingerprint density at radius 3 is 2.79 bits per heavy atom. The average molecular weight is 371 g/mol. The van der Waals surface area contributed by atoms with Crippen LogP contribution in [0.25, 0.3) is 10.2 Å². The van der Waals surface area contributed by atoms with Gasteiger partial charge in [0.05, 0.1) is 12.0 Å². The molecule has 2 aromatic rings. The third kappa shape index (κ3) is 3.46. The highest BCUT2D eigenvalue weighted by Crippen LogP contribution is 2.36. The molecule has 3 rings (SSSR count). The number of ether oxygens (including phenoxy) is 2. The van der Waals surface area contributed by atoms with Crippen LogP contribution >= 0.6 is 22.9 Å². The molecule has 2 aromatic heterocycles. The number of hydrogen-bond donors (Lipinski definition) is 1. The minimum atomic E-state index is -0.366. The number of hydrogen-bond acceptors (Lipinski definition) is 8. The minimum Gasteiger partial charge on any atom is -0.459 e. The zero-order valence-corrected chi connectivity index (χ0v) is 15.2. The molecule has 1 saturated heterocycles. The van der Waals surface area contributed by atoms with Crippen LogP contribution in [0.15, 0.2) is 0 Å². The van der Waals surface area contributed by atoms with Crippen molar-refractivity contribution in [2.75, 3.05) is 51.4 Å². The van der Waals surface area contributed by atoms with Gasteiger partial charge in [0.1, 0.15) is 22.1 Å². The summed E-state index contributed by atoms with van der Waals surface area (Å²) in [5.74, 6) is 0.422. The van der Waals surface area contributed by atoms with E-state index < -0.39 is 0 Å². The monoisotopic (exact) mass is 370 g/mol. The largest absolute Gasteiger partial charge is 0.459 e. The van der Waals surface area contributed by atoms with E-state index in [9.17, 15) is 4.79 Å². The minimum absolute atomic E-state index is 0.191. The number of carbonyl (C=O) groups excluding carboxylic acids is 1. The fraction of sp³-hybridized carbons (Fsp3) is 0.533.